The number of nitrogens with zero attached hydrogens (tertiary/aromatic N) is 5. The number of aromatic amines is 1. The fourth-order valence-electron chi connectivity index (χ4n) is 3.23. The van der Waals surface area contributed by atoms with Gasteiger partial charge in [0, 0.05) is 33.2 Å². The van der Waals surface area contributed by atoms with Gasteiger partial charge in [0.25, 0.3) is 15.9 Å². The zero-order valence-electron chi connectivity index (χ0n) is 15.3. The SMILES string of the molecule is Cn1nc(-c2cccs2)cc1C(=O)N1CCCN(S(=O)(=O)c2cnc[nH]2)CC1. The Kier molecular flexibility index (Phi) is 5.04. The van der Waals surface area contributed by atoms with Gasteiger partial charge in [0.05, 0.1) is 17.4 Å². The van der Waals surface area contributed by atoms with Crippen molar-refractivity contribution in [2.75, 3.05) is 26.2 Å². The summed E-state index contributed by atoms with van der Waals surface area (Å²) >= 11 is 1.57. The monoisotopic (exact) mass is 420 g/mol. The largest absolute Gasteiger partial charge is 0.336 e. The maximum absolute atomic E-state index is 13.0. The summed E-state index contributed by atoms with van der Waals surface area (Å²) in [5.74, 6) is -0.140. The normalized spacial score (nSPS) is 16.2. The lowest BCUT2D eigenvalue weighted by Gasteiger charge is -2.21. The number of imidazole rings is 1. The number of nitrogens with one attached hydrogen (secondary N) is 1. The number of rotatable bonds is 4. The van der Waals surface area contributed by atoms with Crippen LogP contribution < -0.4 is 0 Å². The highest BCUT2D eigenvalue weighted by Crippen LogP contribution is 2.24. The molecule has 11 heteroatoms. The van der Waals surface area contributed by atoms with Crippen LogP contribution in [0.2, 0.25) is 0 Å². The maximum atomic E-state index is 13.0. The summed E-state index contributed by atoms with van der Waals surface area (Å²) in [5, 5.41) is 6.48. The van der Waals surface area contributed by atoms with Crippen LogP contribution in [-0.4, -0.2) is 69.5 Å². The quantitative estimate of drug-likeness (QED) is 0.687. The first-order chi connectivity index (χ1) is 13.5. The van der Waals surface area contributed by atoms with Gasteiger partial charge >= 0.3 is 0 Å². The van der Waals surface area contributed by atoms with Crippen LogP contribution in [-0.2, 0) is 17.1 Å². The zero-order valence-corrected chi connectivity index (χ0v) is 16.9. The Morgan fingerprint density at radius 2 is 2.11 bits per heavy atom. The Morgan fingerprint density at radius 3 is 2.82 bits per heavy atom. The van der Waals surface area contributed by atoms with E-state index in [1.165, 1.54) is 16.8 Å². The summed E-state index contributed by atoms with van der Waals surface area (Å²) in [6, 6.07) is 5.70. The molecule has 3 aromatic heterocycles. The number of H-pyrrole nitrogens is 1. The minimum atomic E-state index is -3.63. The zero-order chi connectivity index (χ0) is 19.7. The van der Waals surface area contributed by atoms with E-state index < -0.39 is 10.0 Å². The lowest BCUT2D eigenvalue weighted by atomic mass is 10.2. The molecule has 0 radical (unpaired) electrons. The number of carbonyl (C=O) groups excluding carboxylic acids is 1. The highest BCUT2D eigenvalue weighted by molar-refractivity contribution is 7.89. The molecule has 4 rings (SSSR count). The second kappa shape index (κ2) is 7.49. The molecule has 1 saturated heterocycles. The summed E-state index contributed by atoms with van der Waals surface area (Å²) in [4.78, 5) is 22.2. The number of aromatic nitrogens is 4. The smallest absolute Gasteiger partial charge is 0.272 e. The van der Waals surface area contributed by atoms with E-state index in [-0.39, 0.29) is 17.5 Å². The molecule has 1 fully saturated rings. The van der Waals surface area contributed by atoms with Crippen LogP contribution in [0.5, 0.6) is 0 Å². The Hall–Kier alpha value is -2.50. The molecule has 1 amide bonds. The molecule has 9 nitrogen and oxygen atoms in total. The molecule has 0 atom stereocenters. The van der Waals surface area contributed by atoms with Crippen molar-refractivity contribution >= 4 is 27.3 Å². The average molecular weight is 421 g/mol. The number of carbonyl (C=O) groups is 1. The fourth-order valence-corrected chi connectivity index (χ4v) is 5.28. The average Bonchev–Trinajstić information content (AvgIpc) is 3.40. The van der Waals surface area contributed by atoms with E-state index in [9.17, 15) is 13.2 Å². The number of amides is 1. The second-order valence-electron chi connectivity index (χ2n) is 6.48. The maximum Gasteiger partial charge on any atom is 0.272 e. The first-order valence-corrected chi connectivity index (χ1v) is 11.1. The van der Waals surface area contributed by atoms with E-state index in [2.05, 4.69) is 15.1 Å². The van der Waals surface area contributed by atoms with Crippen molar-refractivity contribution in [1.82, 2.24) is 29.0 Å². The molecule has 1 N–H and O–H groups in total. The van der Waals surface area contributed by atoms with Gasteiger partial charge in [0.1, 0.15) is 11.4 Å². The van der Waals surface area contributed by atoms with Crippen LogP contribution in [0, 0.1) is 0 Å². The Labute approximate surface area is 166 Å². The Bertz CT molecular complexity index is 1060. The predicted octanol–water partition coefficient (Wildman–Crippen LogP) is 1.41. The molecule has 148 valence electrons. The van der Waals surface area contributed by atoms with Gasteiger partial charge in [0.15, 0.2) is 5.03 Å². The fraction of sp³-hybridized carbons (Fsp3) is 0.353. The van der Waals surface area contributed by atoms with Gasteiger partial charge in [-0.15, -0.1) is 11.3 Å². The van der Waals surface area contributed by atoms with Crippen LogP contribution in [0.4, 0.5) is 0 Å². The second-order valence-corrected chi connectivity index (χ2v) is 9.34. The van der Waals surface area contributed by atoms with Crippen molar-refractivity contribution in [2.24, 2.45) is 7.05 Å². The van der Waals surface area contributed by atoms with Crippen molar-refractivity contribution < 1.29 is 13.2 Å². The van der Waals surface area contributed by atoms with Crippen molar-refractivity contribution in [3.05, 3.63) is 41.8 Å². The minimum absolute atomic E-state index is 0.0690. The topological polar surface area (TPSA) is 104 Å². The molecular formula is C17H20N6O3S2. The van der Waals surface area contributed by atoms with E-state index in [0.29, 0.717) is 31.7 Å². The van der Waals surface area contributed by atoms with Gasteiger partial charge < -0.3 is 9.88 Å². The number of aryl methyl sites for hydroxylation is 1. The van der Waals surface area contributed by atoms with Crippen LogP contribution in [0.25, 0.3) is 10.6 Å². The number of sulfonamides is 1. The summed E-state index contributed by atoms with van der Waals surface area (Å²) in [5.41, 5.74) is 1.26. The molecule has 0 unspecified atom stereocenters. The van der Waals surface area contributed by atoms with Gasteiger partial charge in [0.2, 0.25) is 0 Å². The molecule has 4 heterocycles. The standard InChI is InChI=1S/C17H20N6O3S2/c1-21-14(10-13(20-21)15-4-2-9-27-15)17(24)22-5-3-6-23(8-7-22)28(25,26)16-11-18-12-19-16/h2,4,9-12H,3,5-8H2,1H3,(H,18,19). The van der Waals surface area contributed by atoms with E-state index in [1.54, 1.807) is 34.0 Å². The van der Waals surface area contributed by atoms with Crippen LogP contribution >= 0.6 is 11.3 Å². The first-order valence-electron chi connectivity index (χ1n) is 8.82. The number of hydrogen-bond donors (Lipinski definition) is 1. The van der Waals surface area contributed by atoms with Gasteiger partial charge in [-0.1, -0.05) is 6.07 Å². The van der Waals surface area contributed by atoms with Crippen LogP contribution in [0.1, 0.15) is 16.9 Å². The van der Waals surface area contributed by atoms with Gasteiger partial charge in [-0.3, -0.25) is 9.48 Å². The molecular weight excluding hydrogens is 400 g/mol. The van der Waals surface area contributed by atoms with E-state index in [1.807, 2.05) is 17.5 Å². The van der Waals surface area contributed by atoms with Crippen molar-refractivity contribution in [2.45, 2.75) is 11.4 Å². The molecule has 1 aliphatic rings. The van der Waals surface area contributed by atoms with E-state index >= 15 is 0 Å². The van der Waals surface area contributed by atoms with Gasteiger partial charge in [-0.25, -0.2) is 13.4 Å². The summed E-state index contributed by atoms with van der Waals surface area (Å²) in [6.07, 6.45) is 3.20. The number of hydrogen-bond acceptors (Lipinski definition) is 6. The minimum Gasteiger partial charge on any atom is -0.336 e. The molecule has 3 aromatic rings. The van der Waals surface area contributed by atoms with Gasteiger partial charge in [-0.2, -0.15) is 9.40 Å². The molecule has 0 saturated carbocycles. The van der Waals surface area contributed by atoms with Crippen LogP contribution in [0.15, 0.2) is 41.1 Å². The Balaban J connectivity index is 1.50. The van der Waals surface area contributed by atoms with Crippen molar-refractivity contribution in [1.29, 1.82) is 0 Å². The lowest BCUT2D eigenvalue weighted by Crippen LogP contribution is -2.38. The van der Waals surface area contributed by atoms with Gasteiger partial charge in [-0.05, 0) is 23.9 Å². The van der Waals surface area contributed by atoms with Crippen molar-refractivity contribution in [3.8, 4) is 10.6 Å². The third-order valence-corrected chi connectivity index (χ3v) is 7.42. The van der Waals surface area contributed by atoms with Crippen molar-refractivity contribution in [3.63, 3.8) is 0 Å². The summed E-state index contributed by atoms with van der Waals surface area (Å²) < 4.78 is 28.3. The first kappa shape index (κ1) is 18.8. The highest BCUT2D eigenvalue weighted by atomic mass is 32.2. The van der Waals surface area contributed by atoms with E-state index in [4.69, 9.17) is 0 Å². The lowest BCUT2D eigenvalue weighted by molar-refractivity contribution is 0.0753. The summed E-state index contributed by atoms with van der Waals surface area (Å²) in [7, 11) is -1.88. The molecule has 1 aliphatic heterocycles. The highest BCUT2D eigenvalue weighted by Gasteiger charge is 2.30. The summed E-state index contributed by atoms with van der Waals surface area (Å²) in [6.45, 7) is 1.42. The van der Waals surface area contributed by atoms with Crippen LogP contribution in [0.3, 0.4) is 0 Å². The Morgan fingerprint density at radius 1 is 1.25 bits per heavy atom. The molecule has 0 spiro atoms. The third-order valence-electron chi connectivity index (χ3n) is 4.71. The predicted molar refractivity (Wildman–Crippen MR) is 104 cm³/mol. The molecule has 0 aliphatic carbocycles. The molecule has 0 aromatic carbocycles. The van der Waals surface area contributed by atoms with E-state index in [0.717, 1.165) is 10.6 Å². The third kappa shape index (κ3) is 3.48. The number of thiophene rings is 1. The molecule has 0 bridgehead atoms. The molecule has 28 heavy (non-hydrogen) atoms.